The first kappa shape index (κ1) is 14.4. The molecule has 0 heterocycles. The summed E-state index contributed by atoms with van der Waals surface area (Å²) in [7, 11) is 0. The summed E-state index contributed by atoms with van der Waals surface area (Å²) in [5.74, 6) is 1.64. The molecular weight excluding hydrogens is 240 g/mol. The Morgan fingerprint density at radius 3 is 2.58 bits per heavy atom. The van der Waals surface area contributed by atoms with Crippen LogP contribution in [0.25, 0.3) is 0 Å². The first-order valence-corrected chi connectivity index (χ1v) is 7.43. The zero-order valence-electron chi connectivity index (χ0n) is 12.2. The molecule has 2 fully saturated rings. The van der Waals surface area contributed by atoms with Gasteiger partial charge >= 0.3 is 0 Å². The lowest BCUT2D eigenvalue weighted by Crippen LogP contribution is -2.38. The summed E-state index contributed by atoms with van der Waals surface area (Å²) in [6.45, 7) is 6.78. The quantitative estimate of drug-likeness (QED) is 0.812. The van der Waals surface area contributed by atoms with E-state index in [4.69, 9.17) is 5.73 Å². The third kappa shape index (κ3) is 2.77. The number of primary amides is 1. The van der Waals surface area contributed by atoms with Gasteiger partial charge in [-0.2, -0.15) is 0 Å². The largest absolute Gasteiger partial charge is 0.368 e. The van der Waals surface area contributed by atoms with Gasteiger partial charge in [-0.3, -0.25) is 9.59 Å². The average Bonchev–Trinajstić information content (AvgIpc) is 2.99. The lowest BCUT2D eigenvalue weighted by atomic mass is 9.66. The molecule has 19 heavy (non-hydrogen) atoms. The summed E-state index contributed by atoms with van der Waals surface area (Å²) in [4.78, 5) is 22.9. The molecule has 4 heteroatoms. The molecule has 4 unspecified atom stereocenters. The molecule has 2 rings (SSSR count). The second-order valence-electron chi connectivity index (χ2n) is 6.91. The van der Waals surface area contributed by atoms with Crippen LogP contribution in [-0.2, 0) is 9.59 Å². The number of carbonyl (C=O) groups is 2. The van der Waals surface area contributed by atoms with Gasteiger partial charge in [0, 0.05) is 5.92 Å². The molecule has 2 aliphatic carbocycles. The summed E-state index contributed by atoms with van der Waals surface area (Å²) in [5, 5.41) is 2.68. The van der Waals surface area contributed by atoms with Crippen LogP contribution in [0.4, 0.5) is 0 Å². The fourth-order valence-electron chi connectivity index (χ4n) is 4.26. The molecule has 2 saturated carbocycles. The zero-order chi connectivity index (χ0) is 14.2. The number of rotatable bonds is 4. The highest BCUT2D eigenvalue weighted by molar-refractivity contribution is 5.87. The molecule has 4 nitrogen and oxygen atoms in total. The van der Waals surface area contributed by atoms with Gasteiger partial charge in [0.25, 0.3) is 0 Å². The summed E-state index contributed by atoms with van der Waals surface area (Å²) in [5.41, 5.74) is 5.28. The van der Waals surface area contributed by atoms with E-state index >= 15 is 0 Å². The Hall–Kier alpha value is -1.06. The van der Waals surface area contributed by atoms with Crippen molar-refractivity contribution in [2.75, 3.05) is 6.54 Å². The minimum atomic E-state index is -0.472. The van der Waals surface area contributed by atoms with E-state index < -0.39 is 5.91 Å². The predicted molar refractivity (Wildman–Crippen MR) is 74.1 cm³/mol. The normalized spacial score (nSPS) is 37.4. The summed E-state index contributed by atoms with van der Waals surface area (Å²) >= 11 is 0. The van der Waals surface area contributed by atoms with Crippen molar-refractivity contribution in [2.24, 2.45) is 34.8 Å². The SMILES string of the molecule is CC1CCC(C(C)C)C2(C1)CC2C(=O)NCC(N)=O. The highest BCUT2D eigenvalue weighted by Crippen LogP contribution is 2.66. The highest BCUT2D eigenvalue weighted by atomic mass is 16.2. The van der Waals surface area contributed by atoms with E-state index in [-0.39, 0.29) is 23.8 Å². The Morgan fingerprint density at radius 1 is 1.32 bits per heavy atom. The van der Waals surface area contributed by atoms with Crippen molar-refractivity contribution in [3.8, 4) is 0 Å². The maximum atomic E-state index is 12.1. The van der Waals surface area contributed by atoms with Crippen LogP contribution in [0.5, 0.6) is 0 Å². The Morgan fingerprint density at radius 2 is 2.00 bits per heavy atom. The number of hydrogen-bond donors (Lipinski definition) is 2. The van der Waals surface area contributed by atoms with E-state index in [1.54, 1.807) is 0 Å². The van der Waals surface area contributed by atoms with Crippen LogP contribution in [-0.4, -0.2) is 18.4 Å². The fourth-order valence-corrected chi connectivity index (χ4v) is 4.26. The molecule has 0 bridgehead atoms. The fraction of sp³-hybridized carbons (Fsp3) is 0.867. The van der Waals surface area contributed by atoms with Crippen LogP contribution in [0.15, 0.2) is 0 Å². The maximum absolute atomic E-state index is 12.1. The van der Waals surface area contributed by atoms with Gasteiger partial charge in [-0.25, -0.2) is 0 Å². The zero-order valence-corrected chi connectivity index (χ0v) is 12.2. The Balaban J connectivity index is 2.02. The average molecular weight is 266 g/mol. The van der Waals surface area contributed by atoms with E-state index in [2.05, 4.69) is 26.1 Å². The maximum Gasteiger partial charge on any atom is 0.236 e. The van der Waals surface area contributed by atoms with Gasteiger partial charge in [0.05, 0.1) is 6.54 Å². The Kier molecular flexibility index (Phi) is 3.88. The smallest absolute Gasteiger partial charge is 0.236 e. The van der Waals surface area contributed by atoms with Crippen molar-refractivity contribution in [1.29, 1.82) is 0 Å². The van der Waals surface area contributed by atoms with Gasteiger partial charge < -0.3 is 11.1 Å². The molecule has 1 spiro atoms. The third-order valence-corrected chi connectivity index (χ3v) is 5.11. The van der Waals surface area contributed by atoms with Gasteiger partial charge in [0.1, 0.15) is 0 Å². The van der Waals surface area contributed by atoms with Crippen LogP contribution in [0.1, 0.15) is 46.5 Å². The van der Waals surface area contributed by atoms with Gasteiger partial charge in [-0.05, 0) is 42.4 Å². The summed E-state index contributed by atoms with van der Waals surface area (Å²) in [6.07, 6.45) is 4.66. The lowest BCUT2D eigenvalue weighted by molar-refractivity contribution is -0.126. The van der Waals surface area contributed by atoms with Gasteiger partial charge in [0.2, 0.25) is 11.8 Å². The van der Waals surface area contributed by atoms with E-state index in [0.717, 1.165) is 12.8 Å². The number of nitrogens with two attached hydrogens (primary N) is 1. The topological polar surface area (TPSA) is 72.2 Å². The minimum absolute atomic E-state index is 0.0264. The third-order valence-electron chi connectivity index (χ3n) is 5.11. The van der Waals surface area contributed by atoms with Crippen molar-refractivity contribution >= 4 is 11.8 Å². The first-order valence-electron chi connectivity index (χ1n) is 7.43. The molecule has 2 aliphatic rings. The van der Waals surface area contributed by atoms with E-state index in [1.807, 2.05) is 0 Å². The van der Waals surface area contributed by atoms with E-state index in [9.17, 15) is 9.59 Å². The lowest BCUT2D eigenvalue weighted by Gasteiger charge is -2.38. The van der Waals surface area contributed by atoms with Crippen LogP contribution in [0.3, 0.4) is 0 Å². The molecule has 4 atom stereocenters. The number of carbonyl (C=O) groups excluding carboxylic acids is 2. The summed E-state index contributed by atoms with van der Waals surface area (Å²) in [6, 6.07) is 0. The van der Waals surface area contributed by atoms with Crippen molar-refractivity contribution in [1.82, 2.24) is 5.32 Å². The highest BCUT2D eigenvalue weighted by Gasteiger charge is 2.63. The van der Waals surface area contributed by atoms with Crippen LogP contribution in [0.2, 0.25) is 0 Å². The summed E-state index contributed by atoms with van der Waals surface area (Å²) < 4.78 is 0. The van der Waals surface area contributed by atoms with Gasteiger partial charge in [-0.15, -0.1) is 0 Å². The molecule has 3 N–H and O–H groups in total. The first-order chi connectivity index (χ1) is 8.86. The van der Waals surface area contributed by atoms with Gasteiger partial charge in [0.15, 0.2) is 0 Å². The van der Waals surface area contributed by atoms with Crippen molar-refractivity contribution < 1.29 is 9.59 Å². The van der Waals surface area contributed by atoms with Crippen LogP contribution in [0, 0.1) is 29.1 Å². The molecule has 0 saturated heterocycles. The molecule has 0 aromatic carbocycles. The predicted octanol–water partition coefficient (Wildman–Crippen LogP) is 1.69. The second-order valence-corrected chi connectivity index (χ2v) is 6.91. The minimum Gasteiger partial charge on any atom is -0.368 e. The van der Waals surface area contributed by atoms with Crippen LogP contribution >= 0.6 is 0 Å². The molecule has 0 aromatic heterocycles. The number of nitrogens with one attached hydrogen (secondary N) is 1. The number of amides is 2. The molecule has 0 aliphatic heterocycles. The molecule has 0 aromatic rings. The van der Waals surface area contributed by atoms with Crippen molar-refractivity contribution in [3.63, 3.8) is 0 Å². The van der Waals surface area contributed by atoms with Crippen molar-refractivity contribution in [2.45, 2.75) is 46.5 Å². The van der Waals surface area contributed by atoms with Gasteiger partial charge in [-0.1, -0.05) is 27.2 Å². The Bertz CT molecular complexity index is 380. The molecular formula is C15H26N2O2. The van der Waals surface area contributed by atoms with Crippen LogP contribution < -0.4 is 11.1 Å². The monoisotopic (exact) mass is 266 g/mol. The van der Waals surface area contributed by atoms with E-state index in [1.165, 1.54) is 12.8 Å². The molecule has 2 amide bonds. The standard InChI is InChI=1S/C15H26N2O2/c1-9(2)11-5-4-10(3)6-15(11)7-12(15)14(19)17-8-13(16)18/h9-12H,4-8H2,1-3H3,(H2,16,18)(H,17,19). The molecule has 108 valence electrons. The van der Waals surface area contributed by atoms with Crippen molar-refractivity contribution in [3.05, 3.63) is 0 Å². The second kappa shape index (κ2) is 5.14. The molecule has 0 radical (unpaired) electrons. The Labute approximate surface area is 115 Å². The van der Waals surface area contributed by atoms with E-state index in [0.29, 0.717) is 17.8 Å². The number of hydrogen-bond acceptors (Lipinski definition) is 2.